The zero-order valence-corrected chi connectivity index (χ0v) is 24.9. The smallest absolute Gasteiger partial charge is 0.416 e. The molecule has 1 atom stereocenters. The van der Waals surface area contributed by atoms with E-state index in [1.165, 1.54) is 6.07 Å². The van der Waals surface area contributed by atoms with Gasteiger partial charge in [-0.1, -0.05) is 12.1 Å². The van der Waals surface area contributed by atoms with Gasteiger partial charge in [-0.3, -0.25) is 14.0 Å². The predicted octanol–water partition coefficient (Wildman–Crippen LogP) is 5.22. The number of rotatable bonds is 9. The van der Waals surface area contributed by atoms with Crippen molar-refractivity contribution in [3.8, 4) is 16.9 Å². The Labute approximate surface area is 253 Å². The molecule has 1 aromatic heterocycles. The summed E-state index contributed by atoms with van der Waals surface area (Å²) in [6.07, 6.45) is -0.911. The molecule has 0 spiro atoms. The van der Waals surface area contributed by atoms with Gasteiger partial charge in [-0.05, 0) is 73.2 Å². The van der Waals surface area contributed by atoms with Crippen LogP contribution in [0.5, 0.6) is 5.75 Å². The van der Waals surface area contributed by atoms with Gasteiger partial charge in [0.1, 0.15) is 5.75 Å². The van der Waals surface area contributed by atoms with Gasteiger partial charge in [0.25, 0.3) is 10.0 Å². The van der Waals surface area contributed by atoms with Crippen molar-refractivity contribution >= 4 is 27.5 Å². The minimum absolute atomic E-state index is 0.0351. The Balaban J connectivity index is 1.43. The summed E-state index contributed by atoms with van der Waals surface area (Å²) >= 11 is 0. The van der Waals surface area contributed by atoms with Crippen LogP contribution in [-0.2, 0) is 21.0 Å². The molecular formula is C31H33F3N4O5S. The topological polar surface area (TPSA) is 103 Å². The number of halogens is 3. The second-order valence-corrected chi connectivity index (χ2v) is 13.3. The highest BCUT2D eigenvalue weighted by Crippen LogP contribution is 2.45. The summed E-state index contributed by atoms with van der Waals surface area (Å²) in [5.74, 6) is 0.635. The van der Waals surface area contributed by atoms with Gasteiger partial charge >= 0.3 is 12.1 Å². The molecule has 2 fully saturated rings. The maximum Gasteiger partial charge on any atom is 0.416 e. The summed E-state index contributed by atoms with van der Waals surface area (Å²) in [5, 5.41) is 9.16. The van der Waals surface area contributed by atoms with E-state index in [0.29, 0.717) is 61.9 Å². The van der Waals surface area contributed by atoms with Crippen molar-refractivity contribution in [2.45, 2.75) is 49.2 Å². The second-order valence-electron chi connectivity index (χ2n) is 11.4. The Hall–Kier alpha value is -3.84. The number of piperazine rings is 1. The summed E-state index contributed by atoms with van der Waals surface area (Å²) in [6.45, 7) is 4.09. The number of hydrogen-bond acceptors (Lipinski definition) is 7. The highest BCUT2D eigenvalue weighted by atomic mass is 32.2. The lowest BCUT2D eigenvalue weighted by molar-refractivity contribution is -0.138. The molecule has 0 bridgehead atoms. The van der Waals surface area contributed by atoms with Crippen LogP contribution in [0.1, 0.15) is 43.2 Å². The first kappa shape index (κ1) is 30.2. The normalized spacial score (nSPS) is 19.0. The van der Waals surface area contributed by atoms with E-state index in [1.54, 1.807) is 12.3 Å². The minimum Gasteiger partial charge on any atom is -0.494 e. The first-order chi connectivity index (χ1) is 20.9. The molecule has 3 aromatic rings. The molecule has 1 aliphatic carbocycles. The number of aliphatic carboxylic acids is 1. The Bertz CT molecular complexity index is 1680. The number of carboxylic acid groups (broad SMARTS) is 1. The van der Waals surface area contributed by atoms with Crippen LogP contribution >= 0.6 is 0 Å². The number of carboxylic acids is 1. The maximum absolute atomic E-state index is 14.1. The number of anilines is 2. The fourth-order valence-corrected chi connectivity index (χ4v) is 7.53. The van der Waals surface area contributed by atoms with Crippen molar-refractivity contribution in [3.63, 3.8) is 0 Å². The van der Waals surface area contributed by atoms with E-state index < -0.39 is 32.6 Å². The SMILES string of the molecule is CCOc1cc(-c2cnc3c(c2)N(S(=O)(=O)c2cccc(C(F)(F)F)c2)C[C@@H]2CN(CCC(=O)O)CCN32)cc(C2CC2)c1. The van der Waals surface area contributed by atoms with Crippen molar-refractivity contribution in [3.05, 3.63) is 65.9 Å². The molecule has 2 aliphatic heterocycles. The molecule has 6 rings (SSSR count). The van der Waals surface area contributed by atoms with Crippen molar-refractivity contribution < 1.29 is 36.2 Å². The van der Waals surface area contributed by atoms with Gasteiger partial charge in [0, 0.05) is 37.9 Å². The standard InChI is InChI=1S/C31H33F3N4O5S/c1-2-43-26-13-21(20-6-7-20)12-22(14-26)23-15-28-30(35-17-23)37-11-10-36(9-8-29(39)40)18-25(37)19-38(28)44(41,42)27-5-3-4-24(16-27)31(32,33)34/h3-5,12-17,20,25H,2,6-11,18-19H2,1H3,(H,39,40)/t25-/m0/s1. The zero-order chi connectivity index (χ0) is 31.2. The van der Waals surface area contributed by atoms with Crippen LogP contribution in [0.15, 0.2) is 59.6 Å². The summed E-state index contributed by atoms with van der Waals surface area (Å²) in [5.41, 5.74) is 1.84. The number of pyridine rings is 1. The van der Waals surface area contributed by atoms with Crippen LogP contribution in [0.4, 0.5) is 24.7 Å². The van der Waals surface area contributed by atoms with E-state index in [2.05, 4.69) is 6.07 Å². The Kier molecular flexibility index (Phi) is 7.95. The van der Waals surface area contributed by atoms with Crippen LogP contribution in [-0.4, -0.2) is 74.8 Å². The van der Waals surface area contributed by atoms with E-state index in [-0.39, 0.29) is 24.7 Å². The molecule has 13 heteroatoms. The third-order valence-electron chi connectivity index (χ3n) is 8.34. The van der Waals surface area contributed by atoms with Crippen molar-refractivity contribution in [1.29, 1.82) is 0 Å². The number of nitrogens with zero attached hydrogens (tertiary/aromatic N) is 4. The summed E-state index contributed by atoms with van der Waals surface area (Å²) in [4.78, 5) is 19.4. The molecule has 234 valence electrons. The highest BCUT2D eigenvalue weighted by Gasteiger charge is 2.42. The number of aromatic nitrogens is 1. The Morgan fingerprint density at radius 2 is 1.86 bits per heavy atom. The van der Waals surface area contributed by atoms with Crippen LogP contribution in [0, 0.1) is 0 Å². The third-order valence-corrected chi connectivity index (χ3v) is 10.1. The lowest BCUT2D eigenvalue weighted by Gasteiger charge is -2.48. The summed E-state index contributed by atoms with van der Waals surface area (Å²) in [7, 11) is -4.45. The number of sulfonamides is 1. The lowest BCUT2D eigenvalue weighted by Crippen LogP contribution is -2.61. The van der Waals surface area contributed by atoms with Gasteiger partial charge in [0.15, 0.2) is 5.82 Å². The number of benzene rings is 2. The quantitative estimate of drug-likeness (QED) is 0.344. The van der Waals surface area contributed by atoms with E-state index in [4.69, 9.17) is 14.8 Å². The molecule has 1 N–H and O–H groups in total. The predicted molar refractivity (Wildman–Crippen MR) is 159 cm³/mol. The molecule has 0 amide bonds. The zero-order valence-electron chi connectivity index (χ0n) is 24.1. The summed E-state index contributed by atoms with van der Waals surface area (Å²) in [6, 6.07) is 11.1. The van der Waals surface area contributed by atoms with E-state index in [9.17, 15) is 26.4 Å². The molecule has 2 aromatic carbocycles. The minimum atomic E-state index is -4.71. The Morgan fingerprint density at radius 1 is 1.07 bits per heavy atom. The third kappa shape index (κ3) is 6.07. The fourth-order valence-electron chi connectivity index (χ4n) is 5.99. The average molecular weight is 631 g/mol. The molecule has 0 radical (unpaired) electrons. The molecule has 44 heavy (non-hydrogen) atoms. The summed E-state index contributed by atoms with van der Waals surface area (Å²) < 4.78 is 76.0. The number of hydrogen-bond donors (Lipinski definition) is 1. The molecule has 3 heterocycles. The van der Waals surface area contributed by atoms with E-state index in [1.807, 2.05) is 28.9 Å². The lowest BCUT2D eigenvalue weighted by atomic mass is 10.0. The van der Waals surface area contributed by atoms with Gasteiger partial charge < -0.3 is 14.7 Å². The first-order valence-corrected chi connectivity index (χ1v) is 16.1. The molecule has 9 nitrogen and oxygen atoms in total. The van der Waals surface area contributed by atoms with Crippen LogP contribution < -0.4 is 13.9 Å². The van der Waals surface area contributed by atoms with E-state index in [0.717, 1.165) is 40.4 Å². The van der Waals surface area contributed by atoms with Gasteiger partial charge in [-0.2, -0.15) is 13.2 Å². The van der Waals surface area contributed by atoms with Crippen LogP contribution in [0.3, 0.4) is 0 Å². The molecule has 0 unspecified atom stereocenters. The van der Waals surface area contributed by atoms with Crippen molar-refractivity contribution in [2.24, 2.45) is 0 Å². The van der Waals surface area contributed by atoms with Crippen LogP contribution in [0.2, 0.25) is 0 Å². The maximum atomic E-state index is 14.1. The first-order valence-electron chi connectivity index (χ1n) is 14.6. The molecule has 1 saturated heterocycles. The van der Waals surface area contributed by atoms with Crippen molar-refractivity contribution in [1.82, 2.24) is 9.88 Å². The second kappa shape index (κ2) is 11.6. The fraction of sp³-hybridized carbons (Fsp3) is 0.419. The van der Waals surface area contributed by atoms with Gasteiger partial charge in [-0.15, -0.1) is 0 Å². The molecule has 1 saturated carbocycles. The van der Waals surface area contributed by atoms with Crippen molar-refractivity contribution in [2.75, 3.05) is 48.5 Å². The number of alkyl halides is 3. The number of carbonyl (C=O) groups is 1. The monoisotopic (exact) mass is 630 g/mol. The van der Waals surface area contributed by atoms with Gasteiger partial charge in [0.2, 0.25) is 0 Å². The molecule has 3 aliphatic rings. The number of fused-ring (bicyclic) bond motifs is 3. The van der Waals surface area contributed by atoms with E-state index >= 15 is 0 Å². The van der Waals surface area contributed by atoms with Gasteiger partial charge in [-0.25, -0.2) is 13.4 Å². The van der Waals surface area contributed by atoms with Crippen LogP contribution in [0.25, 0.3) is 11.1 Å². The largest absolute Gasteiger partial charge is 0.494 e. The average Bonchev–Trinajstić information content (AvgIpc) is 3.85. The van der Waals surface area contributed by atoms with Gasteiger partial charge in [0.05, 0.1) is 41.8 Å². The highest BCUT2D eigenvalue weighted by molar-refractivity contribution is 7.92. The number of ether oxygens (including phenoxy) is 1. The molecular weight excluding hydrogens is 597 g/mol. The Morgan fingerprint density at radius 3 is 2.57 bits per heavy atom.